The maximum absolute atomic E-state index is 5.62. The fourth-order valence-electron chi connectivity index (χ4n) is 3.07. The molecule has 2 N–H and O–H groups in total. The number of fused-ring (bicyclic) bond motifs is 3. The summed E-state index contributed by atoms with van der Waals surface area (Å²) in [7, 11) is 0. The minimum Gasteiger partial charge on any atom is -0.451 e. The van der Waals surface area contributed by atoms with E-state index in [-0.39, 0.29) is 6.79 Å². The third-order valence-corrected chi connectivity index (χ3v) is 4.25. The second-order valence-electron chi connectivity index (χ2n) is 5.63. The van der Waals surface area contributed by atoms with E-state index >= 15 is 0 Å². The maximum atomic E-state index is 5.62. The SMILES string of the molecule is CCc1ccc2c3c(nn(-c4ccc(CCN)cc4)c1-2)OCO3. The van der Waals surface area contributed by atoms with Crippen LogP contribution in [0.2, 0.25) is 0 Å². The number of ether oxygens (including phenoxy) is 2. The monoisotopic (exact) mass is 309 g/mol. The lowest BCUT2D eigenvalue weighted by Crippen LogP contribution is -2.08. The molecular weight excluding hydrogens is 290 g/mol. The molecule has 2 heterocycles. The van der Waals surface area contributed by atoms with Crippen LogP contribution < -0.4 is 15.2 Å². The highest BCUT2D eigenvalue weighted by Crippen LogP contribution is 2.44. The molecule has 2 aliphatic heterocycles. The van der Waals surface area contributed by atoms with Gasteiger partial charge in [0.15, 0.2) is 5.75 Å². The van der Waals surface area contributed by atoms with Gasteiger partial charge in [0, 0.05) is 5.56 Å². The summed E-state index contributed by atoms with van der Waals surface area (Å²) >= 11 is 0. The van der Waals surface area contributed by atoms with Crippen LogP contribution in [0.25, 0.3) is 16.9 Å². The van der Waals surface area contributed by atoms with Crippen LogP contribution in [0.1, 0.15) is 18.1 Å². The number of hydrogen-bond donors (Lipinski definition) is 1. The van der Waals surface area contributed by atoms with Crippen molar-refractivity contribution in [2.45, 2.75) is 19.8 Å². The Hall–Kier alpha value is -2.53. The number of nitrogens with two attached hydrogens (primary N) is 1. The van der Waals surface area contributed by atoms with E-state index in [2.05, 4.69) is 48.4 Å². The molecular formula is C18H19N3O2. The zero-order valence-corrected chi connectivity index (χ0v) is 13.1. The second-order valence-corrected chi connectivity index (χ2v) is 5.63. The van der Waals surface area contributed by atoms with Crippen LogP contribution in [0.15, 0.2) is 36.4 Å². The summed E-state index contributed by atoms with van der Waals surface area (Å²) in [5, 5.41) is 4.65. The van der Waals surface area contributed by atoms with Crippen molar-refractivity contribution in [2.75, 3.05) is 13.3 Å². The fourth-order valence-corrected chi connectivity index (χ4v) is 3.07. The third-order valence-electron chi connectivity index (χ3n) is 4.25. The van der Waals surface area contributed by atoms with Crippen molar-refractivity contribution < 1.29 is 9.47 Å². The zero-order valence-electron chi connectivity index (χ0n) is 13.1. The normalized spacial score (nSPS) is 13.0. The highest BCUT2D eigenvalue weighted by atomic mass is 16.7. The summed E-state index contributed by atoms with van der Waals surface area (Å²) in [5.74, 6) is 1.30. The smallest absolute Gasteiger partial charge is 0.278 e. The van der Waals surface area contributed by atoms with Gasteiger partial charge in [0.1, 0.15) is 0 Å². The molecule has 23 heavy (non-hydrogen) atoms. The molecule has 1 aliphatic carbocycles. The van der Waals surface area contributed by atoms with Gasteiger partial charge in [-0.3, -0.25) is 0 Å². The molecule has 0 unspecified atom stereocenters. The Bertz CT molecular complexity index is 808. The number of aryl methyl sites for hydroxylation is 1. The molecule has 4 rings (SSSR count). The van der Waals surface area contributed by atoms with Crippen LogP contribution in [0.3, 0.4) is 0 Å². The molecule has 0 bridgehead atoms. The largest absolute Gasteiger partial charge is 0.451 e. The first-order chi connectivity index (χ1) is 11.3. The molecule has 0 saturated heterocycles. The van der Waals surface area contributed by atoms with E-state index in [1.165, 1.54) is 11.1 Å². The summed E-state index contributed by atoms with van der Waals surface area (Å²) in [6.07, 6.45) is 1.82. The Morgan fingerprint density at radius 2 is 1.96 bits per heavy atom. The van der Waals surface area contributed by atoms with E-state index in [9.17, 15) is 0 Å². The van der Waals surface area contributed by atoms with E-state index in [1.807, 2.05) is 4.68 Å². The van der Waals surface area contributed by atoms with Crippen LogP contribution in [0.4, 0.5) is 0 Å². The summed E-state index contributed by atoms with van der Waals surface area (Å²) in [6, 6.07) is 12.6. The summed E-state index contributed by atoms with van der Waals surface area (Å²) in [4.78, 5) is 0. The Morgan fingerprint density at radius 1 is 1.13 bits per heavy atom. The summed E-state index contributed by atoms with van der Waals surface area (Å²) < 4.78 is 13.1. The van der Waals surface area contributed by atoms with E-state index in [0.717, 1.165) is 35.5 Å². The number of rotatable bonds is 4. The molecule has 0 saturated carbocycles. The first-order valence-electron chi connectivity index (χ1n) is 7.91. The molecule has 1 aromatic carbocycles. The number of benzene rings is 1. The van der Waals surface area contributed by atoms with Crippen molar-refractivity contribution in [1.82, 2.24) is 9.78 Å². The van der Waals surface area contributed by atoms with E-state index in [1.54, 1.807) is 0 Å². The molecule has 5 nitrogen and oxygen atoms in total. The van der Waals surface area contributed by atoms with Gasteiger partial charge in [0.2, 0.25) is 6.79 Å². The van der Waals surface area contributed by atoms with Gasteiger partial charge >= 0.3 is 0 Å². The van der Waals surface area contributed by atoms with Gasteiger partial charge in [0.05, 0.1) is 11.4 Å². The molecule has 0 fully saturated rings. The Kier molecular flexibility index (Phi) is 3.42. The lowest BCUT2D eigenvalue weighted by molar-refractivity contribution is 0.170. The molecule has 5 heteroatoms. The molecule has 0 radical (unpaired) electrons. The Labute approximate surface area is 135 Å². The Balaban J connectivity index is 1.88. The van der Waals surface area contributed by atoms with E-state index in [4.69, 9.17) is 15.2 Å². The van der Waals surface area contributed by atoms with Crippen LogP contribution in [-0.4, -0.2) is 23.1 Å². The minimum absolute atomic E-state index is 0.226. The number of nitrogens with zero attached hydrogens (tertiary/aromatic N) is 2. The lowest BCUT2D eigenvalue weighted by Gasteiger charge is -2.15. The summed E-state index contributed by atoms with van der Waals surface area (Å²) in [5.41, 5.74) is 11.2. The van der Waals surface area contributed by atoms with Crippen LogP contribution in [-0.2, 0) is 12.8 Å². The first kappa shape index (κ1) is 14.1. The number of aromatic nitrogens is 2. The van der Waals surface area contributed by atoms with Crippen LogP contribution in [0, 0.1) is 0 Å². The van der Waals surface area contributed by atoms with Crippen LogP contribution in [0.5, 0.6) is 11.6 Å². The highest BCUT2D eigenvalue weighted by Gasteiger charge is 2.27. The summed E-state index contributed by atoms with van der Waals surface area (Å²) in [6.45, 7) is 3.03. The minimum atomic E-state index is 0.226. The van der Waals surface area contributed by atoms with Gasteiger partial charge in [-0.15, -0.1) is 5.10 Å². The fraction of sp³-hybridized carbons (Fsp3) is 0.278. The van der Waals surface area contributed by atoms with Crippen molar-refractivity contribution >= 4 is 0 Å². The van der Waals surface area contributed by atoms with E-state index < -0.39 is 0 Å². The predicted octanol–water partition coefficient (Wildman–Crippen LogP) is 2.77. The van der Waals surface area contributed by atoms with Crippen molar-refractivity contribution in [2.24, 2.45) is 5.73 Å². The van der Waals surface area contributed by atoms with E-state index in [0.29, 0.717) is 12.4 Å². The second kappa shape index (κ2) is 5.59. The van der Waals surface area contributed by atoms with Crippen LogP contribution >= 0.6 is 0 Å². The third kappa shape index (κ3) is 2.24. The van der Waals surface area contributed by atoms with Gasteiger partial charge in [-0.1, -0.05) is 25.1 Å². The topological polar surface area (TPSA) is 62.3 Å². The van der Waals surface area contributed by atoms with Gasteiger partial charge < -0.3 is 15.2 Å². The van der Waals surface area contributed by atoms with Gasteiger partial charge in [-0.25, -0.2) is 4.68 Å². The Morgan fingerprint density at radius 3 is 2.70 bits per heavy atom. The molecule has 0 spiro atoms. The average molecular weight is 309 g/mol. The molecule has 118 valence electrons. The first-order valence-corrected chi connectivity index (χ1v) is 7.91. The average Bonchev–Trinajstić information content (AvgIpc) is 3.21. The van der Waals surface area contributed by atoms with Crippen molar-refractivity contribution in [3.8, 4) is 28.6 Å². The molecule has 0 aromatic heterocycles. The quantitative estimate of drug-likeness (QED) is 0.805. The standard InChI is InChI=1S/C18H19N3O2/c1-2-13-5-8-15-16(13)21(20-18-17(15)22-11-23-18)14-6-3-12(4-7-14)9-10-19/h3-8H,2,9-11,19H2,1H3. The molecule has 3 aliphatic rings. The van der Waals surface area contributed by atoms with Gasteiger partial charge in [-0.05, 0) is 48.7 Å². The molecule has 0 amide bonds. The van der Waals surface area contributed by atoms with Crippen molar-refractivity contribution in [3.63, 3.8) is 0 Å². The van der Waals surface area contributed by atoms with Crippen molar-refractivity contribution in [3.05, 3.63) is 47.5 Å². The predicted molar refractivity (Wildman–Crippen MR) is 88.4 cm³/mol. The highest BCUT2D eigenvalue weighted by molar-refractivity contribution is 5.77. The van der Waals surface area contributed by atoms with Crippen molar-refractivity contribution in [1.29, 1.82) is 0 Å². The number of hydrogen-bond acceptors (Lipinski definition) is 4. The molecule has 0 atom stereocenters. The van der Waals surface area contributed by atoms with Gasteiger partial charge in [0.25, 0.3) is 5.88 Å². The van der Waals surface area contributed by atoms with Gasteiger partial charge in [-0.2, -0.15) is 0 Å². The molecule has 1 aromatic rings. The maximum Gasteiger partial charge on any atom is 0.278 e. The lowest BCUT2D eigenvalue weighted by atomic mass is 10.1. The zero-order chi connectivity index (χ0) is 15.8.